The monoisotopic (exact) mass is 334 g/mol. The Labute approximate surface area is 136 Å². The van der Waals surface area contributed by atoms with Gasteiger partial charge in [-0.3, -0.25) is 9.59 Å². The molecule has 7 heteroatoms. The molecule has 0 radical (unpaired) electrons. The minimum absolute atomic E-state index is 0.00816. The molecule has 0 atom stereocenters. The van der Waals surface area contributed by atoms with Gasteiger partial charge in [0.05, 0.1) is 12.8 Å². The van der Waals surface area contributed by atoms with Crippen molar-refractivity contribution >= 4 is 34.5 Å². The highest BCUT2D eigenvalue weighted by Crippen LogP contribution is 2.29. The van der Waals surface area contributed by atoms with Gasteiger partial charge >= 0.3 is 0 Å². The standard InChI is InChI=1S/C16H15FN2O3S/c1-22-13-6-8-23-15(13)16(21)18-12-9-10(4-5-11(12)17)19-7-2-3-14(19)20/h4-6,8-9H,2-3,7H2,1H3,(H,18,21). The third-order valence-electron chi connectivity index (χ3n) is 3.64. The Kier molecular flexibility index (Phi) is 4.29. The Morgan fingerprint density at radius 1 is 1.39 bits per heavy atom. The third-order valence-corrected chi connectivity index (χ3v) is 4.53. The molecule has 0 spiro atoms. The number of rotatable bonds is 4. The maximum absolute atomic E-state index is 14.0. The number of anilines is 2. The molecule has 1 aliphatic heterocycles. The molecule has 23 heavy (non-hydrogen) atoms. The number of hydrogen-bond donors (Lipinski definition) is 1. The van der Waals surface area contributed by atoms with E-state index in [9.17, 15) is 14.0 Å². The molecule has 0 bridgehead atoms. The highest BCUT2D eigenvalue weighted by Gasteiger charge is 2.23. The zero-order valence-corrected chi connectivity index (χ0v) is 13.3. The Balaban J connectivity index is 1.85. The average molecular weight is 334 g/mol. The van der Waals surface area contributed by atoms with Crippen LogP contribution >= 0.6 is 11.3 Å². The number of hydrogen-bond acceptors (Lipinski definition) is 4. The summed E-state index contributed by atoms with van der Waals surface area (Å²) in [4.78, 5) is 26.0. The van der Waals surface area contributed by atoms with E-state index >= 15 is 0 Å². The molecule has 120 valence electrons. The van der Waals surface area contributed by atoms with Gasteiger partial charge in [0.25, 0.3) is 5.91 Å². The quantitative estimate of drug-likeness (QED) is 0.933. The number of methoxy groups -OCH3 is 1. The van der Waals surface area contributed by atoms with Crippen LogP contribution in [0, 0.1) is 5.82 Å². The van der Waals surface area contributed by atoms with Gasteiger partial charge in [-0.2, -0.15) is 0 Å². The van der Waals surface area contributed by atoms with Crippen molar-refractivity contribution in [3.63, 3.8) is 0 Å². The van der Waals surface area contributed by atoms with E-state index in [2.05, 4.69) is 5.32 Å². The van der Waals surface area contributed by atoms with Crippen LogP contribution in [0.3, 0.4) is 0 Å². The first-order valence-electron chi connectivity index (χ1n) is 7.13. The number of carbonyl (C=O) groups excluding carboxylic acids is 2. The van der Waals surface area contributed by atoms with Gasteiger partial charge in [-0.1, -0.05) is 0 Å². The fourth-order valence-electron chi connectivity index (χ4n) is 2.50. The summed E-state index contributed by atoms with van der Waals surface area (Å²) >= 11 is 1.21. The summed E-state index contributed by atoms with van der Waals surface area (Å²) < 4.78 is 19.1. The van der Waals surface area contributed by atoms with Crippen LogP contribution in [0.5, 0.6) is 5.75 Å². The molecule has 2 amide bonds. The lowest BCUT2D eigenvalue weighted by atomic mass is 10.2. The number of carbonyl (C=O) groups is 2. The van der Waals surface area contributed by atoms with Crippen LogP contribution in [0.2, 0.25) is 0 Å². The number of halogens is 1. The smallest absolute Gasteiger partial charge is 0.269 e. The van der Waals surface area contributed by atoms with E-state index in [-0.39, 0.29) is 11.6 Å². The molecule has 1 aromatic heterocycles. The number of nitrogens with zero attached hydrogens (tertiary/aromatic N) is 1. The largest absolute Gasteiger partial charge is 0.495 e. The molecule has 5 nitrogen and oxygen atoms in total. The highest BCUT2D eigenvalue weighted by molar-refractivity contribution is 7.12. The van der Waals surface area contributed by atoms with Crippen LogP contribution in [0.25, 0.3) is 0 Å². The van der Waals surface area contributed by atoms with Crippen LogP contribution in [0.15, 0.2) is 29.6 Å². The summed E-state index contributed by atoms with van der Waals surface area (Å²) in [6.45, 7) is 0.608. The van der Waals surface area contributed by atoms with E-state index in [1.165, 1.54) is 30.6 Å². The summed E-state index contributed by atoms with van der Waals surface area (Å²) in [5.41, 5.74) is 0.630. The normalized spacial score (nSPS) is 14.2. The van der Waals surface area contributed by atoms with Crippen LogP contribution in [0.1, 0.15) is 22.5 Å². The van der Waals surface area contributed by atoms with E-state index in [0.717, 1.165) is 6.42 Å². The van der Waals surface area contributed by atoms with Crippen molar-refractivity contribution in [3.8, 4) is 5.75 Å². The maximum atomic E-state index is 14.0. The number of amides is 2. The Morgan fingerprint density at radius 2 is 2.22 bits per heavy atom. The zero-order valence-electron chi connectivity index (χ0n) is 12.5. The number of ether oxygens (including phenoxy) is 1. The molecular formula is C16H15FN2O3S. The van der Waals surface area contributed by atoms with Gasteiger partial charge in [-0.05, 0) is 36.1 Å². The number of benzene rings is 1. The minimum Gasteiger partial charge on any atom is -0.495 e. The molecule has 1 aliphatic rings. The topological polar surface area (TPSA) is 58.6 Å². The molecule has 2 aromatic rings. The van der Waals surface area contributed by atoms with Crippen molar-refractivity contribution in [2.75, 3.05) is 23.9 Å². The van der Waals surface area contributed by atoms with E-state index in [0.29, 0.717) is 29.3 Å². The first-order valence-corrected chi connectivity index (χ1v) is 8.01. The number of thiophene rings is 1. The van der Waals surface area contributed by atoms with Gasteiger partial charge in [-0.15, -0.1) is 11.3 Å². The second-order valence-electron chi connectivity index (χ2n) is 5.09. The molecule has 0 saturated carbocycles. The van der Waals surface area contributed by atoms with Gasteiger partial charge in [0.1, 0.15) is 16.4 Å². The van der Waals surface area contributed by atoms with Crippen LogP contribution in [-0.4, -0.2) is 25.5 Å². The van der Waals surface area contributed by atoms with Crippen molar-refractivity contribution in [2.24, 2.45) is 0 Å². The van der Waals surface area contributed by atoms with E-state index in [1.54, 1.807) is 22.4 Å². The Hall–Kier alpha value is -2.41. The van der Waals surface area contributed by atoms with Crippen molar-refractivity contribution in [2.45, 2.75) is 12.8 Å². The van der Waals surface area contributed by atoms with Crippen molar-refractivity contribution in [3.05, 3.63) is 40.3 Å². The highest BCUT2D eigenvalue weighted by atomic mass is 32.1. The summed E-state index contributed by atoms with van der Waals surface area (Å²) in [6.07, 6.45) is 1.27. The van der Waals surface area contributed by atoms with Gasteiger partial charge in [-0.25, -0.2) is 4.39 Å². The summed E-state index contributed by atoms with van der Waals surface area (Å²) in [5.74, 6) is -0.544. The van der Waals surface area contributed by atoms with E-state index in [4.69, 9.17) is 4.74 Å². The predicted octanol–water partition coefficient (Wildman–Crippen LogP) is 3.27. The molecule has 1 fully saturated rings. The molecule has 1 saturated heterocycles. The molecule has 1 N–H and O–H groups in total. The fraction of sp³-hybridized carbons (Fsp3) is 0.250. The van der Waals surface area contributed by atoms with Crippen LogP contribution in [-0.2, 0) is 4.79 Å². The van der Waals surface area contributed by atoms with Gasteiger partial charge in [0.15, 0.2) is 0 Å². The van der Waals surface area contributed by atoms with E-state index < -0.39 is 11.7 Å². The summed E-state index contributed by atoms with van der Waals surface area (Å²) in [5, 5.41) is 4.27. The second kappa shape index (κ2) is 6.37. The molecular weight excluding hydrogens is 319 g/mol. The predicted molar refractivity (Wildman–Crippen MR) is 86.8 cm³/mol. The second-order valence-corrected chi connectivity index (χ2v) is 6.00. The third kappa shape index (κ3) is 3.05. The summed E-state index contributed by atoms with van der Waals surface area (Å²) in [7, 11) is 1.47. The molecule has 2 heterocycles. The lowest BCUT2D eigenvalue weighted by molar-refractivity contribution is -0.117. The molecule has 3 rings (SSSR count). The fourth-order valence-corrected chi connectivity index (χ4v) is 3.25. The van der Waals surface area contributed by atoms with Gasteiger partial charge in [0, 0.05) is 18.7 Å². The lowest BCUT2D eigenvalue weighted by Crippen LogP contribution is -2.24. The van der Waals surface area contributed by atoms with E-state index in [1.807, 2.05) is 0 Å². The Bertz CT molecular complexity index is 760. The van der Waals surface area contributed by atoms with Crippen LogP contribution in [0.4, 0.5) is 15.8 Å². The van der Waals surface area contributed by atoms with Gasteiger partial charge in [0.2, 0.25) is 5.91 Å². The first-order chi connectivity index (χ1) is 11.1. The maximum Gasteiger partial charge on any atom is 0.269 e. The molecule has 0 aliphatic carbocycles. The minimum atomic E-state index is -0.552. The SMILES string of the molecule is COc1ccsc1C(=O)Nc1cc(N2CCCC2=O)ccc1F. The van der Waals surface area contributed by atoms with Crippen molar-refractivity contribution in [1.29, 1.82) is 0 Å². The first kappa shape index (κ1) is 15.5. The van der Waals surface area contributed by atoms with Gasteiger partial charge < -0.3 is 15.0 Å². The number of nitrogens with one attached hydrogen (secondary N) is 1. The average Bonchev–Trinajstić information content (AvgIpc) is 3.18. The summed E-state index contributed by atoms with van der Waals surface area (Å²) in [6, 6.07) is 5.95. The lowest BCUT2D eigenvalue weighted by Gasteiger charge is -2.17. The van der Waals surface area contributed by atoms with Crippen LogP contribution < -0.4 is 15.0 Å². The van der Waals surface area contributed by atoms with Crippen molar-refractivity contribution < 1.29 is 18.7 Å². The van der Waals surface area contributed by atoms with Crippen molar-refractivity contribution in [1.82, 2.24) is 0 Å². The molecule has 0 unspecified atom stereocenters. The zero-order chi connectivity index (χ0) is 16.4. The Morgan fingerprint density at radius 3 is 2.91 bits per heavy atom. The molecule has 1 aromatic carbocycles.